The average Bonchev–Trinajstić information content (AvgIpc) is 3.15. The zero-order chi connectivity index (χ0) is 21.3. The second-order valence-electron chi connectivity index (χ2n) is 7.22. The molecule has 1 aromatic heterocycles. The Morgan fingerprint density at radius 3 is 2.67 bits per heavy atom. The normalized spacial score (nSPS) is 15.3. The highest BCUT2D eigenvalue weighted by Crippen LogP contribution is 2.47. The van der Waals surface area contributed by atoms with Gasteiger partial charge in [0.15, 0.2) is 18.1 Å². The molecule has 0 saturated carbocycles. The van der Waals surface area contributed by atoms with Crippen molar-refractivity contribution in [2.75, 3.05) is 19.0 Å². The van der Waals surface area contributed by atoms with E-state index in [-0.39, 0.29) is 18.4 Å². The summed E-state index contributed by atoms with van der Waals surface area (Å²) in [6.07, 6.45) is 0.353. The fraction of sp³-hybridized carbons (Fsp3) is 0.217. The molecule has 1 aliphatic rings. The third-order valence-corrected chi connectivity index (χ3v) is 6.21. The van der Waals surface area contributed by atoms with Crippen molar-refractivity contribution in [1.29, 1.82) is 0 Å². The Morgan fingerprint density at radius 1 is 1.20 bits per heavy atom. The van der Waals surface area contributed by atoms with E-state index in [4.69, 9.17) is 15.2 Å². The van der Waals surface area contributed by atoms with Crippen molar-refractivity contribution in [3.63, 3.8) is 0 Å². The zero-order valence-corrected chi connectivity index (χ0v) is 17.5. The molecular formula is C23H22N2O4S. The summed E-state index contributed by atoms with van der Waals surface area (Å²) in [5.74, 6) is 0.268. The topological polar surface area (TPSA) is 90.7 Å². The van der Waals surface area contributed by atoms with Crippen molar-refractivity contribution in [3.8, 4) is 22.6 Å². The van der Waals surface area contributed by atoms with Gasteiger partial charge in [0.05, 0.1) is 12.8 Å². The second kappa shape index (κ2) is 8.20. The van der Waals surface area contributed by atoms with E-state index >= 15 is 0 Å². The van der Waals surface area contributed by atoms with E-state index < -0.39 is 5.91 Å². The number of carbonyl (C=O) groups is 2. The highest BCUT2D eigenvalue weighted by Gasteiger charge is 2.31. The number of benzene rings is 2. The molecule has 3 N–H and O–H groups in total. The average molecular weight is 423 g/mol. The molecule has 6 nitrogen and oxygen atoms in total. The van der Waals surface area contributed by atoms with Crippen molar-refractivity contribution in [2.45, 2.75) is 19.3 Å². The molecule has 0 fully saturated rings. The lowest BCUT2D eigenvalue weighted by Crippen LogP contribution is -2.22. The number of nitrogens with one attached hydrogen (secondary N) is 1. The van der Waals surface area contributed by atoms with Crippen molar-refractivity contribution >= 4 is 28.8 Å². The molecule has 154 valence electrons. The van der Waals surface area contributed by atoms with Gasteiger partial charge in [-0.15, -0.1) is 11.3 Å². The van der Waals surface area contributed by atoms with E-state index in [9.17, 15) is 9.59 Å². The van der Waals surface area contributed by atoms with Crippen molar-refractivity contribution in [3.05, 3.63) is 63.8 Å². The molecule has 2 aromatic carbocycles. The van der Waals surface area contributed by atoms with Crippen LogP contribution in [0.5, 0.6) is 11.5 Å². The van der Waals surface area contributed by atoms with Gasteiger partial charge in [-0.3, -0.25) is 9.59 Å². The summed E-state index contributed by atoms with van der Waals surface area (Å²) in [6.45, 7) is 1.82. The Kier molecular flexibility index (Phi) is 5.46. The van der Waals surface area contributed by atoms with E-state index in [1.54, 1.807) is 17.4 Å². The lowest BCUT2D eigenvalue weighted by atomic mass is 9.89. The maximum atomic E-state index is 12.5. The van der Waals surface area contributed by atoms with Crippen LogP contribution in [0.25, 0.3) is 11.1 Å². The minimum absolute atomic E-state index is 0.0210. The first-order valence-corrected chi connectivity index (χ1v) is 10.4. The van der Waals surface area contributed by atoms with Crippen LogP contribution in [-0.2, 0) is 9.59 Å². The standard InChI is InChI=1S/C23H22N2O4S/c1-13-3-5-14(6-4-13)17-12-30-23-16(10-21(27)25-22(17)23)15-7-8-18(19(9-15)28-2)29-11-20(24)26/h3-9,12,16H,10-11H2,1-2H3,(H2,24,26)(H,25,27)/t16-/m1/s1. The molecule has 0 radical (unpaired) electrons. The van der Waals surface area contributed by atoms with Crippen molar-refractivity contribution < 1.29 is 19.1 Å². The van der Waals surface area contributed by atoms with Crippen LogP contribution in [0.2, 0.25) is 0 Å². The van der Waals surface area contributed by atoms with Crippen molar-refractivity contribution in [1.82, 2.24) is 0 Å². The Bertz CT molecular complexity index is 1100. The van der Waals surface area contributed by atoms with E-state index in [0.717, 1.165) is 27.3 Å². The maximum Gasteiger partial charge on any atom is 0.255 e. The summed E-state index contributed by atoms with van der Waals surface area (Å²) in [6, 6.07) is 13.8. The molecule has 3 aromatic rings. The number of nitrogens with two attached hydrogens (primary N) is 1. The van der Waals surface area contributed by atoms with Crippen LogP contribution in [0.4, 0.5) is 5.69 Å². The number of amides is 2. The molecule has 0 saturated heterocycles. The van der Waals surface area contributed by atoms with Gasteiger partial charge in [0.25, 0.3) is 5.91 Å². The van der Waals surface area contributed by atoms with Crippen LogP contribution in [0.15, 0.2) is 47.8 Å². The van der Waals surface area contributed by atoms with Gasteiger partial charge >= 0.3 is 0 Å². The van der Waals surface area contributed by atoms with Crippen LogP contribution in [0, 0.1) is 6.92 Å². The quantitative estimate of drug-likeness (QED) is 0.627. The third-order valence-electron chi connectivity index (χ3n) is 5.11. The van der Waals surface area contributed by atoms with Crippen LogP contribution >= 0.6 is 11.3 Å². The Hall–Kier alpha value is -3.32. The van der Waals surface area contributed by atoms with E-state index in [2.05, 4.69) is 41.9 Å². The first-order valence-electron chi connectivity index (χ1n) is 9.53. The largest absolute Gasteiger partial charge is 0.493 e. The summed E-state index contributed by atoms with van der Waals surface area (Å²) < 4.78 is 10.9. The number of ether oxygens (including phenoxy) is 2. The number of hydrogen-bond donors (Lipinski definition) is 2. The predicted molar refractivity (Wildman–Crippen MR) is 117 cm³/mol. The Balaban J connectivity index is 1.71. The molecular weight excluding hydrogens is 400 g/mol. The Labute approximate surface area is 178 Å². The van der Waals surface area contributed by atoms with Gasteiger partial charge in [0, 0.05) is 28.2 Å². The van der Waals surface area contributed by atoms with Crippen LogP contribution in [0.1, 0.15) is 28.3 Å². The van der Waals surface area contributed by atoms with Crippen LogP contribution in [0.3, 0.4) is 0 Å². The molecule has 30 heavy (non-hydrogen) atoms. The van der Waals surface area contributed by atoms with Crippen LogP contribution < -0.4 is 20.5 Å². The van der Waals surface area contributed by atoms with E-state index in [0.29, 0.717) is 17.9 Å². The number of hydrogen-bond acceptors (Lipinski definition) is 5. The number of aryl methyl sites for hydroxylation is 1. The molecule has 0 bridgehead atoms. The first kappa shape index (κ1) is 20.0. The summed E-state index contributed by atoms with van der Waals surface area (Å²) in [7, 11) is 1.54. The second-order valence-corrected chi connectivity index (χ2v) is 8.14. The Morgan fingerprint density at radius 2 is 1.97 bits per heavy atom. The lowest BCUT2D eigenvalue weighted by molar-refractivity contribution is -0.120. The molecule has 2 amide bonds. The molecule has 0 aliphatic carbocycles. The minimum Gasteiger partial charge on any atom is -0.493 e. The highest BCUT2D eigenvalue weighted by atomic mass is 32.1. The third kappa shape index (κ3) is 3.89. The maximum absolute atomic E-state index is 12.5. The number of thiophene rings is 1. The summed E-state index contributed by atoms with van der Waals surface area (Å²) in [5.41, 5.74) is 10.3. The lowest BCUT2D eigenvalue weighted by Gasteiger charge is -2.24. The van der Waals surface area contributed by atoms with Gasteiger partial charge in [0.2, 0.25) is 5.91 Å². The monoisotopic (exact) mass is 422 g/mol. The number of methoxy groups -OCH3 is 1. The fourth-order valence-corrected chi connectivity index (χ4v) is 4.77. The fourth-order valence-electron chi connectivity index (χ4n) is 3.61. The van der Waals surface area contributed by atoms with Gasteiger partial charge in [-0.05, 0) is 30.2 Å². The summed E-state index contributed by atoms with van der Waals surface area (Å²) in [5, 5.41) is 5.15. The number of carbonyl (C=O) groups excluding carboxylic acids is 2. The summed E-state index contributed by atoms with van der Waals surface area (Å²) in [4.78, 5) is 24.7. The molecule has 0 spiro atoms. The molecule has 1 aliphatic heterocycles. The highest BCUT2D eigenvalue weighted by molar-refractivity contribution is 7.11. The van der Waals surface area contributed by atoms with E-state index in [1.807, 2.05) is 12.1 Å². The number of rotatable bonds is 6. The molecule has 4 rings (SSSR count). The van der Waals surface area contributed by atoms with Gasteiger partial charge in [-0.2, -0.15) is 0 Å². The SMILES string of the molecule is COc1cc([C@H]2CC(=O)Nc3c(-c4ccc(C)cc4)csc32)ccc1OCC(N)=O. The first-order chi connectivity index (χ1) is 14.5. The van der Waals surface area contributed by atoms with E-state index in [1.165, 1.54) is 12.7 Å². The van der Waals surface area contributed by atoms with Gasteiger partial charge < -0.3 is 20.5 Å². The van der Waals surface area contributed by atoms with Crippen LogP contribution in [-0.4, -0.2) is 25.5 Å². The van der Waals surface area contributed by atoms with Crippen molar-refractivity contribution in [2.24, 2.45) is 5.73 Å². The molecule has 0 unspecified atom stereocenters. The summed E-state index contributed by atoms with van der Waals surface area (Å²) >= 11 is 1.64. The van der Waals surface area contributed by atoms with Gasteiger partial charge in [-0.1, -0.05) is 35.9 Å². The molecule has 2 heterocycles. The molecule has 1 atom stereocenters. The van der Waals surface area contributed by atoms with Gasteiger partial charge in [-0.25, -0.2) is 0 Å². The number of primary amides is 1. The van der Waals surface area contributed by atoms with Gasteiger partial charge in [0.1, 0.15) is 0 Å². The smallest absolute Gasteiger partial charge is 0.255 e. The number of anilines is 1. The predicted octanol–water partition coefficient (Wildman–Crippen LogP) is 4.07. The minimum atomic E-state index is -0.558. The molecule has 7 heteroatoms. The zero-order valence-electron chi connectivity index (χ0n) is 16.7. The number of fused-ring (bicyclic) bond motifs is 1.